The van der Waals surface area contributed by atoms with Crippen LogP contribution in [0.1, 0.15) is 53.3 Å². The highest BCUT2D eigenvalue weighted by molar-refractivity contribution is 5.98. The van der Waals surface area contributed by atoms with Crippen molar-refractivity contribution < 1.29 is 4.79 Å². The lowest BCUT2D eigenvalue weighted by Gasteiger charge is -2.29. The number of benzene rings is 1. The molecule has 1 heterocycles. The average molecular weight is 280 g/mol. The maximum Gasteiger partial charge on any atom is 0.166 e. The van der Waals surface area contributed by atoms with Crippen LogP contribution in [0, 0.1) is 12.3 Å². The number of fused-ring (bicyclic) bond motifs is 1. The molecule has 21 heavy (non-hydrogen) atoms. The molecule has 2 aromatic rings. The predicted molar refractivity (Wildman–Crippen MR) is 82.4 cm³/mol. The zero-order valence-electron chi connectivity index (χ0n) is 12.8. The molecule has 108 valence electrons. The van der Waals surface area contributed by atoms with E-state index in [4.69, 9.17) is 0 Å². The van der Waals surface area contributed by atoms with Crippen molar-refractivity contribution in [2.75, 3.05) is 0 Å². The van der Waals surface area contributed by atoms with Gasteiger partial charge in [0.25, 0.3) is 0 Å². The number of hydrogen-bond acceptors (Lipinski definition) is 3. The van der Waals surface area contributed by atoms with E-state index >= 15 is 0 Å². The van der Waals surface area contributed by atoms with Crippen molar-refractivity contribution in [2.24, 2.45) is 5.41 Å². The van der Waals surface area contributed by atoms with Crippen molar-refractivity contribution in [3.05, 3.63) is 58.7 Å². The lowest BCUT2D eigenvalue weighted by Crippen LogP contribution is -2.28. The Labute approximate surface area is 125 Å². The molecule has 0 bridgehead atoms. The van der Waals surface area contributed by atoms with Crippen molar-refractivity contribution in [1.29, 1.82) is 0 Å². The molecule has 0 aliphatic heterocycles. The minimum atomic E-state index is -0.00162. The Balaban J connectivity index is 1.93. The van der Waals surface area contributed by atoms with Gasteiger partial charge in [-0.1, -0.05) is 38.1 Å². The third kappa shape index (κ3) is 2.87. The molecule has 0 N–H and O–H groups in total. The Kier molecular flexibility index (Phi) is 3.36. The maximum atomic E-state index is 12.1. The average Bonchev–Trinajstić information content (AvgIpc) is 2.39. The summed E-state index contributed by atoms with van der Waals surface area (Å²) in [5, 5.41) is 0. The van der Waals surface area contributed by atoms with E-state index in [2.05, 4.69) is 42.9 Å². The van der Waals surface area contributed by atoms with Crippen molar-refractivity contribution in [3.63, 3.8) is 0 Å². The summed E-state index contributed by atoms with van der Waals surface area (Å²) < 4.78 is 0. The van der Waals surface area contributed by atoms with E-state index < -0.39 is 0 Å². The third-order valence-corrected chi connectivity index (χ3v) is 4.11. The van der Waals surface area contributed by atoms with Gasteiger partial charge in [-0.25, -0.2) is 9.97 Å². The van der Waals surface area contributed by atoms with Gasteiger partial charge in [0.2, 0.25) is 0 Å². The SMILES string of the molecule is Cc1ccccc1Cc1ncc2c(n1)CC(C)(C)CC2=O. The lowest BCUT2D eigenvalue weighted by molar-refractivity contribution is 0.0909. The topological polar surface area (TPSA) is 42.9 Å². The molecule has 1 aliphatic rings. The Bertz CT molecular complexity index is 704. The van der Waals surface area contributed by atoms with Gasteiger partial charge in [-0.2, -0.15) is 0 Å². The molecule has 0 fully saturated rings. The summed E-state index contributed by atoms with van der Waals surface area (Å²) in [6, 6.07) is 8.27. The van der Waals surface area contributed by atoms with Crippen molar-refractivity contribution in [3.8, 4) is 0 Å². The van der Waals surface area contributed by atoms with E-state index in [0.29, 0.717) is 18.4 Å². The molecule has 1 aromatic carbocycles. The van der Waals surface area contributed by atoms with Gasteiger partial charge in [0.05, 0.1) is 11.3 Å². The summed E-state index contributed by atoms with van der Waals surface area (Å²) in [6.07, 6.45) is 3.86. The zero-order valence-corrected chi connectivity index (χ0v) is 12.8. The van der Waals surface area contributed by atoms with E-state index in [1.54, 1.807) is 6.20 Å². The molecule has 0 atom stereocenters. The number of aromatic nitrogens is 2. The van der Waals surface area contributed by atoms with Gasteiger partial charge >= 0.3 is 0 Å². The van der Waals surface area contributed by atoms with Crippen LogP contribution in [0.15, 0.2) is 30.5 Å². The quantitative estimate of drug-likeness (QED) is 0.845. The fourth-order valence-electron chi connectivity index (χ4n) is 2.94. The highest BCUT2D eigenvalue weighted by Crippen LogP contribution is 2.33. The molecule has 3 rings (SSSR count). The monoisotopic (exact) mass is 280 g/mol. The van der Waals surface area contributed by atoms with Crippen LogP contribution in [-0.2, 0) is 12.8 Å². The number of rotatable bonds is 2. The van der Waals surface area contributed by atoms with E-state index in [0.717, 1.165) is 17.9 Å². The smallest absolute Gasteiger partial charge is 0.166 e. The number of carbonyl (C=O) groups excluding carboxylic acids is 1. The molecule has 0 saturated heterocycles. The van der Waals surface area contributed by atoms with Crippen molar-refractivity contribution in [2.45, 2.75) is 40.0 Å². The molecule has 0 amide bonds. The van der Waals surface area contributed by atoms with Crippen LogP contribution in [-0.4, -0.2) is 15.8 Å². The summed E-state index contributed by atoms with van der Waals surface area (Å²) in [5.74, 6) is 0.970. The fraction of sp³-hybridized carbons (Fsp3) is 0.389. The van der Waals surface area contributed by atoms with Gasteiger partial charge in [0.1, 0.15) is 5.82 Å². The first-order chi connectivity index (χ1) is 9.94. The van der Waals surface area contributed by atoms with Gasteiger partial charge in [-0.05, 0) is 29.9 Å². The summed E-state index contributed by atoms with van der Waals surface area (Å²) >= 11 is 0. The zero-order chi connectivity index (χ0) is 15.0. The molecule has 1 aliphatic carbocycles. The van der Waals surface area contributed by atoms with Crippen molar-refractivity contribution >= 4 is 5.78 Å². The Morgan fingerprint density at radius 2 is 1.95 bits per heavy atom. The minimum Gasteiger partial charge on any atom is -0.294 e. The number of Topliss-reactive ketones (excluding diaryl/α,β-unsaturated/α-hetero) is 1. The first kappa shape index (κ1) is 13.9. The normalized spacial score (nSPS) is 16.6. The highest BCUT2D eigenvalue weighted by Gasteiger charge is 2.32. The summed E-state index contributed by atoms with van der Waals surface area (Å²) in [6.45, 7) is 6.34. The Morgan fingerprint density at radius 3 is 2.71 bits per heavy atom. The minimum absolute atomic E-state index is 0.00162. The second-order valence-corrected chi connectivity index (χ2v) is 6.69. The number of ketones is 1. The van der Waals surface area contributed by atoms with Crippen LogP contribution in [0.2, 0.25) is 0 Å². The van der Waals surface area contributed by atoms with E-state index in [1.165, 1.54) is 11.1 Å². The first-order valence-electron chi connectivity index (χ1n) is 7.37. The Morgan fingerprint density at radius 1 is 1.19 bits per heavy atom. The Hall–Kier alpha value is -2.03. The van der Waals surface area contributed by atoms with Crippen LogP contribution >= 0.6 is 0 Å². The fourth-order valence-corrected chi connectivity index (χ4v) is 2.94. The molecule has 0 radical (unpaired) electrons. The van der Waals surface area contributed by atoms with Gasteiger partial charge in [-0.15, -0.1) is 0 Å². The second kappa shape index (κ2) is 5.06. The number of aryl methyl sites for hydroxylation is 1. The van der Waals surface area contributed by atoms with Gasteiger partial charge in [0, 0.05) is 19.0 Å². The van der Waals surface area contributed by atoms with Gasteiger partial charge in [0.15, 0.2) is 5.78 Å². The molecule has 0 unspecified atom stereocenters. The summed E-state index contributed by atoms with van der Waals surface area (Å²) in [5.41, 5.74) is 4.10. The van der Waals surface area contributed by atoms with Crippen LogP contribution < -0.4 is 0 Å². The number of hydrogen-bond donors (Lipinski definition) is 0. The summed E-state index contributed by atoms with van der Waals surface area (Å²) in [4.78, 5) is 21.2. The highest BCUT2D eigenvalue weighted by atomic mass is 16.1. The third-order valence-electron chi connectivity index (χ3n) is 4.11. The van der Waals surface area contributed by atoms with Crippen LogP contribution in [0.25, 0.3) is 0 Å². The van der Waals surface area contributed by atoms with Gasteiger partial charge in [-0.3, -0.25) is 4.79 Å². The molecular weight excluding hydrogens is 260 g/mol. The molecule has 0 spiro atoms. The molecule has 3 nitrogen and oxygen atoms in total. The molecule has 0 saturated carbocycles. The first-order valence-corrected chi connectivity index (χ1v) is 7.37. The van der Waals surface area contributed by atoms with E-state index in [9.17, 15) is 4.79 Å². The molecule has 1 aromatic heterocycles. The van der Waals surface area contributed by atoms with E-state index in [-0.39, 0.29) is 11.2 Å². The molecular formula is C18H20N2O. The largest absolute Gasteiger partial charge is 0.294 e. The summed E-state index contributed by atoms with van der Waals surface area (Å²) in [7, 11) is 0. The van der Waals surface area contributed by atoms with Crippen LogP contribution in [0.5, 0.6) is 0 Å². The lowest BCUT2D eigenvalue weighted by atomic mass is 9.76. The standard InChI is InChI=1S/C18H20N2O/c1-12-6-4-5-7-13(12)8-17-19-11-14-15(20-17)9-18(2,3)10-16(14)21/h4-7,11H,8-10H2,1-3H3. The second-order valence-electron chi connectivity index (χ2n) is 6.69. The van der Waals surface area contributed by atoms with Crippen LogP contribution in [0.3, 0.4) is 0 Å². The number of nitrogens with zero attached hydrogens (tertiary/aromatic N) is 2. The number of carbonyl (C=O) groups is 1. The van der Waals surface area contributed by atoms with Gasteiger partial charge < -0.3 is 0 Å². The van der Waals surface area contributed by atoms with Crippen LogP contribution in [0.4, 0.5) is 0 Å². The maximum absolute atomic E-state index is 12.1. The predicted octanol–water partition coefficient (Wildman–Crippen LogP) is 3.53. The molecule has 3 heteroatoms. The van der Waals surface area contributed by atoms with Crippen molar-refractivity contribution in [1.82, 2.24) is 9.97 Å². The van der Waals surface area contributed by atoms with E-state index in [1.807, 2.05) is 12.1 Å².